The quantitative estimate of drug-likeness (QED) is 0.0193. The van der Waals surface area contributed by atoms with Crippen molar-refractivity contribution in [1.82, 2.24) is 5.32 Å². The van der Waals surface area contributed by atoms with Crippen molar-refractivity contribution in [1.29, 1.82) is 0 Å². The van der Waals surface area contributed by atoms with Crippen molar-refractivity contribution in [2.45, 2.75) is 326 Å². The predicted octanol–water partition coefficient (Wildman–Crippen LogP) is 13.5. The molecule has 7 unspecified atom stereocenters. The zero-order valence-corrected chi connectivity index (χ0v) is 45.2. The maximum absolute atomic E-state index is 13.1. The number of nitrogens with one attached hydrogen (secondary N) is 1. The van der Waals surface area contributed by atoms with Crippen molar-refractivity contribution in [3.05, 3.63) is 12.2 Å². The molecular weight excluding hydrogens is 895 g/mol. The first kappa shape index (κ1) is 65.9. The van der Waals surface area contributed by atoms with Crippen LogP contribution in [0.5, 0.6) is 0 Å². The second kappa shape index (κ2) is 46.6. The van der Waals surface area contributed by atoms with Gasteiger partial charge in [-0.05, 0) is 19.3 Å². The molecule has 1 aliphatic heterocycles. The van der Waals surface area contributed by atoms with Crippen LogP contribution in [0.2, 0.25) is 0 Å². The molecule has 0 aromatic heterocycles. The molecule has 1 saturated heterocycles. The molecule has 0 bridgehead atoms. The van der Waals surface area contributed by atoms with E-state index >= 15 is 0 Å². The Bertz CT molecular complexity index is 1270. The summed E-state index contributed by atoms with van der Waals surface area (Å²) in [5.74, 6) is -0.258. The Kier molecular flexibility index (Phi) is 44.5. The second-order valence-corrected chi connectivity index (χ2v) is 21.6. The highest BCUT2D eigenvalue weighted by molar-refractivity contribution is 7.80. The van der Waals surface area contributed by atoms with Gasteiger partial charge in [0.05, 0.1) is 25.4 Å². The average molecular weight is 1000 g/mol. The van der Waals surface area contributed by atoms with Gasteiger partial charge in [0.25, 0.3) is 0 Å². The van der Waals surface area contributed by atoms with Crippen molar-refractivity contribution in [3.8, 4) is 0 Å². The van der Waals surface area contributed by atoms with Crippen molar-refractivity contribution >= 4 is 16.3 Å². The molecule has 0 aromatic rings. The number of rotatable bonds is 51. The van der Waals surface area contributed by atoms with Crippen LogP contribution in [-0.4, -0.2) is 95.4 Å². The number of ether oxygens (including phenoxy) is 2. The van der Waals surface area contributed by atoms with E-state index in [2.05, 4.69) is 23.3 Å². The molecule has 0 aliphatic carbocycles. The minimum absolute atomic E-state index is 0.258. The second-order valence-electron chi connectivity index (χ2n) is 20.6. The van der Waals surface area contributed by atoms with Crippen LogP contribution in [0.15, 0.2) is 12.2 Å². The van der Waals surface area contributed by atoms with E-state index in [4.69, 9.17) is 9.47 Å². The lowest BCUT2D eigenvalue weighted by Crippen LogP contribution is -2.61. The van der Waals surface area contributed by atoms with Crippen molar-refractivity contribution in [3.63, 3.8) is 0 Å². The maximum Gasteiger partial charge on any atom is 0.397 e. The Labute approximate surface area is 423 Å². The van der Waals surface area contributed by atoms with Crippen LogP contribution in [0.3, 0.4) is 0 Å². The third-order valence-corrected chi connectivity index (χ3v) is 14.5. The van der Waals surface area contributed by atoms with Crippen LogP contribution in [0, 0.1) is 0 Å². The van der Waals surface area contributed by atoms with Crippen LogP contribution in [0.4, 0.5) is 0 Å². The minimum atomic E-state index is -5.08. The third kappa shape index (κ3) is 39.0. The van der Waals surface area contributed by atoms with Gasteiger partial charge in [-0.2, -0.15) is 8.42 Å². The predicted molar refractivity (Wildman–Crippen MR) is 282 cm³/mol. The fraction of sp³-hybridized carbons (Fsp3) is 0.946. The van der Waals surface area contributed by atoms with Crippen LogP contribution in [-0.2, 0) is 28.9 Å². The first-order valence-electron chi connectivity index (χ1n) is 29.1. The Morgan fingerprint density at radius 3 is 1.26 bits per heavy atom. The van der Waals surface area contributed by atoms with E-state index in [1.54, 1.807) is 6.08 Å². The molecule has 1 heterocycles. The Morgan fingerprint density at radius 1 is 0.565 bits per heavy atom. The molecule has 0 saturated carbocycles. The smallest absolute Gasteiger partial charge is 0.394 e. The highest BCUT2D eigenvalue weighted by Crippen LogP contribution is 2.26. The first-order valence-corrected chi connectivity index (χ1v) is 30.4. The van der Waals surface area contributed by atoms with E-state index < -0.39 is 59.9 Å². The van der Waals surface area contributed by atoms with Gasteiger partial charge in [-0.3, -0.25) is 9.35 Å². The van der Waals surface area contributed by atoms with Gasteiger partial charge < -0.3 is 35.2 Å². The lowest BCUT2D eigenvalue weighted by atomic mass is 9.99. The average Bonchev–Trinajstić information content (AvgIpc) is 3.32. The fourth-order valence-corrected chi connectivity index (χ4v) is 10.1. The maximum atomic E-state index is 13.1. The van der Waals surface area contributed by atoms with E-state index in [9.17, 15) is 38.2 Å². The molecule has 410 valence electrons. The van der Waals surface area contributed by atoms with Crippen LogP contribution >= 0.6 is 0 Å². The first-order chi connectivity index (χ1) is 33.5. The zero-order chi connectivity index (χ0) is 50.5. The molecule has 0 radical (unpaired) electrons. The van der Waals surface area contributed by atoms with Crippen LogP contribution < -0.4 is 5.32 Å². The molecule has 0 spiro atoms. The molecule has 1 amide bonds. The van der Waals surface area contributed by atoms with E-state index in [0.29, 0.717) is 6.42 Å². The number of allylic oxidation sites excluding steroid dienone is 1. The molecule has 12 nitrogen and oxygen atoms in total. The number of hydrogen-bond acceptors (Lipinski definition) is 10. The molecule has 69 heavy (non-hydrogen) atoms. The van der Waals surface area contributed by atoms with Gasteiger partial charge in [0.2, 0.25) is 5.91 Å². The number of amides is 1. The Morgan fingerprint density at radius 2 is 0.913 bits per heavy atom. The summed E-state index contributed by atoms with van der Waals surface area (Å²) in [7, 11) is -5.08. The number of aliphatic hydroxyl groups excluding tert-OH is 4. The summed E-state index contributed by atoms with van der Waals surface area (Å²) in [5, 5.41) is 44.8. The minimum Gasteiger partial charge on any atom is -0.394 e. The summed E-state index contributed by atoms with van der Waals surface area (Å²) in [6.07, 6.45) is 47.2. The molecule has 1 aliphatic rings. The van der Waals surface area contributed by atoms with Gasteiger partial charge in [-0.1, -0.05) is 270 Å². The Balaban J connectivity index is 2.21. The van der Waals surface area contributed by atoms with Gasteiger partial charge in [-0.25, -0.2) is 4.18 Å². The molecule has 6 N–H and O–H groups in total. The van der Waals surface area contributed by atoms with Crippen LogP contribution in [0.25, 0.3) is 0 Å². The monoisotopic (exact) mass is 1000 g/mol. The van der Waals surface area contributed by atoms with Gasteiger partial charge in [0.15, 0.2) is 6.29 Å². The standard InChI is InChI=1S/C56H109NO11S/c1-3-5-7-9-11-13-15-16-17-18-19-20-21-22-23-24-25-26-27-28-29-30-31-32-33-34-36-38-40-42-44-46-52(60)57-49(50(59)45-43-41-39-37-35-14-12-10-8-6-4-2)48-66-56-54(62)55(68-69(63,64)65)53(61)51(47-58)67-56/h43,45,49-51,53-56,58-59,61-62H,3-42,44,46-48H2,1-2H3,(H,57,60)(H,63,64,65)/b45-43+. The lowest BCUT2D eigenvalue weighted by molar-refractivity contribution is -0.298. The van der Waals surface area contributed by atoms with Gasteiger partial charge in [0.1, 0.15) is 24.4 Å². The van der Waals surface area contributed by atoms with Crippen molar-refractivity contribution < 1.29 is 51.8 Å². The van der Waals surface area contributed by atoms with E-state index in [0.717, 1.165) is 38.5 Å². The van der Waals surface area contributed by atoms with E-state index in [1.807, 2.05) is 6.08 Å². The van der Waals surface area contributed by atoms with Gasteiger partial charge >= 0.3 is 10.4 Å². The summed E-state index contributed by atoms with van der Waals surface area (Å²) in [5.41, 5.74) is 0. The van der Waals surface area contributed by atoms with Gasteiger partial charge in [0, 0.05) is 6.42 Å². The van der Waals surface area contributed by atoms with E-state index in [1.165, 1.54) is 218 Å². The molecule has 1 rings (SSSR count). The third-order valence-electron chi connectivity index (χ3n) is 14.1. The fourth-order valence-electron chi connectivity index (χ4n) is 9.58. The molecule has 1 fully saturated rings. The molecule has 0 aromatic carbocycles. The largest absolute Gasteiger partial charge is 0.397 e. The normalized spacial score (nSPS) is 19.7. The summed E-state index contributed by atoms with van der Waals surface area (Å²) < 4.78 is 47.7. The van der Waals surface area contributed by atoms with Crippen molar-refractivity contribution in [2.24, 2.45) is 0 Å². The van der Waals surface area contributed by atoms with Gasteiger partial charge in [-0.15, -0.1) is 0 Å². The van der Waals surface area contributed by atoms with E-state index in [-0.39, 0.29) is 18.9 Å². The molecule has 13 heteroatoms. The number of unbranched alkanes of at least 4 members (excludes halogenated alkanes) is 39. The zero-order valence-electron chi connectivity index (χ0n) is 44.4. The summed E-state index contributed by atoms with van der Waals surface area (Å²) in [4.78, 5) is 13.1. The lowest BCUT2D eigenvalue weighted by Gasteiger charge is -2.41. The summed E-state index contributed by atoms with van der Waals surface area (Å²) in [6, 6.07) is -0.938. The number of aliphatic hydroxyl groups is 4. The Hall–Kier alpha value is -1.16. The summed E-state index contributed by atoms with van der Waals surface area (Å²) >= 11 is 0. The molecular formula is C56H109NO11S. The molecule has 7 atom stereocenters. The van der Waals surface area contributed by atoms with Crippen LogP contribution in [0.1, 0.15) is 284 Å². The topological polar surface area (TPSA) is 192 Å². The summed E-state index contributed by atoms with van der Waals surface area (Å²) in [6.45, 7) is 3.40. The van der Waals surface area contributed by atoms with Crippen molar-refractivity contribution in [2.75, 3.05) is 13.2 Å². The number of hydrogen-bond donors (Lipinski definition) is 6. The number of carbonyl (C=O) groups excluding carboxylic acids is 1. The SMILES string of the molecule is CCCCCCCCCCC/C=C/C(O)C(COC1OC(CO)C(O)C(OS(=O)(=O)O)C1O)NC(=O)CCCCCCCCCCCCCCCCCCCCCCCCCCCCCCCCC. The number of carbonyl (C=O) groups is 1. The highest BCUT2D eigenvalue weighted by Gasteiger charge is 2.48. The highest BCUT2D eigenvalue weighted by atomic mass is 32.3.